The Labute approximate surface area is 425 Å². The van der Waals surface area contributed by atoms with Gasteiger partial charge in [-0.2, -0.15) is 30.2 Å². The maximum absolute atomic E-state index is 13.5. The molecule has 0 saturated carbocycles. The molecule has 24 heteroatoms. The zero-order chi connectivity index (χ0) is 51.0. The van der Waals surface area contributed by atoms with Crippen molar-refractivity contribution in [3.05, 3.63) is 142 Å². The van der Waals surface area contributed by atoms with E-state index >= 15 is 0 Å². The van der Waals surface area contributed by atoms with Gasteiger partial charge in [0.05, 0.1) is 51.8 Å². The topological polar surface area (TPSA) is 293 Å². The minimum atomic E-state index is -3.57. The first-order valence-electron chi connectivity index (χ1n) is 21.9. The average Bonchev–Trinajstić information content (AvgIpc) is 3.88. The lowest BCUT2D eigenvalue weighted by Crippen LogP contribution is -2.18. The number of H-pyrrole nitrogens is 1. The molecule has 0 bridgehead atoms. The Morgan fingerprint density at radius 3 is 1.68 bits per heavy atom. The number of nitrogen functional groups attached to an aromatic ring is 2. The van der Waals surface area contributed by atoms with Crippen LogP contribution in [0.25, 0.3) is 22.3 Å². The van der Waals surface area contributed by atoms with Crippen LogP contribution in [0.15, 0.2) is 114 Å². The van der Waals surface area contributed by atoms with Crippen LogP contribution in [0, 0.1) is 11.3 Å². The highest BCUT2D eigenvalue weighted by Crippen LogP contribution is 2.48. The minimum absolute atomic E-state index is 0. The third-order valence-corrected chi connectivity index (χ3v) is 14.8. The fraction of sp³-hybridized carbons (Fsp3) is 0.286. The van der Waals surface area contributed by atoms with Gasteiger partial charge >= 0.3 is 17.7 Å². The summed E-state index contributed by atoms with van der Waals surface area (Å²) in [7, 11) is -0.477. The Bertz CT molecular complexity index is 3240. The second-order valence-corrected chi connectivity index (χ2v) is 20.2. The van der Waals surface area contributed by atoms with Crippen molar-refractivity contribution in [2.24, 2.45) is 0 Å². The van der Waals surface area contributed by atoms with Crippen molar-refractivity contribution in [1.82, 2.24) is 39.0 Å². The summed E-state index contributed by atoms with van der Waals surface area (Å²) in [5.74, 6) is 0.290. The number of nitriles is 1. The summed E-state index contributed by atoms with van der Waals surface area (Å²) in [5.41, 5.74) is 16.5. The number of benzene rings is 4. The van der Waals surface area contributed by atoms with Crippen LogP contribution in [-0.4, -0.2) is 107 Å². The Hall–Kier alpha value is -7.37. The number of rotatable bonds is 20. The van der Waals surface area contributed by atoms with Crippen LogP contribution in [0.4, 0.5) is 11.6 Å². The SMILES string of the molecule is C.CC#N.COCCOc1nc(N)c2[nH]c(=O)n(Cc3cccc(CP(=O)(O)c4ccccc4)c3)c2n1.COCCOc1nc(N)c2nc(OC)n(Cc3cccc(CP(=O)(OC)c4ccccc4)c3)c2n1.[B]. The number of aromatic nitrogens is 8. The minimum Gasteiger partial charge on any atom is -0.468 e. The Morgan fingerprint density at radius 1 is 0.658 bits per heavy atom. The summed E-state index contributed by atoms with van der Waals surface area (Å²) in [6.07, 6.45) is 0.260. The number of methoxy groups -OCH3 is 3. The standard InChI is InChI=1S/C24H28N5O5P.C22H24N5O5P.C2H3N.CH4.B/c1-31-12-13-34-23-27-21(25)20-22(28-23)29(24(26-20)32-2)15-17-8-7-9-18(14-17)16-35(30,33-3)19-10-5-4-6-11-19;1-31-10-11-32-21-25-19(23)18-20(26-21)27(22(28)24-18)13-15-6-5-7-16(12-15)14-33(29,30)17-8-3-2-4-9-17;1-2-3;;/h4-11,14H,12-13,15-16H2,1-3H3,(H2,25,27,28);2-9,12H,10-11,13-14H2,1H3,(H,24,28)(H,29,30)(H2,23,25,26);1H3;1H4;. The van der Waals surface area contributed by atoms with Gasteiger partial charge < -0.3 is 49.6 Å². The Balaban J connectivity index is 0.000000293. The van der Waals surface area contributed by atoms with E-state index in [-0.39, 0.29) is 71.6 Å². The van der Waals surface area contributed by atoms with E-state index in [0.29, 0.717) is 64.3 Å². The Kier molecular flexibility index (Phi) is 21.9. The van der Waals surface area contributed by atoms with E-state index in [2.05, 4.69) is 29.9 Å². The molecule has 73 heavy (non-hydrogen) atoms. The quantitative estimate of drug-likeness (QED) is 0.0393. The average molecular weight is 1030 g/mol. The van der Waals surface area contributed by atoms with E-state index in [4.69, 9.17) is 44.9 Å². The van der Waals surface area contributed by atoms with Gasteiger partial charge in [-0.1, -0.05) is 92.4 Å². The second kappa shape index (κ2) is 27.5. The van der Waals surface area contributed by atoms with Crippen LogP contribution in [0.5, 0.6) is 18.0 Å². The van der Waals surface area contributed by atoms with E-state index in [0.717, 1.165) is 16.7 Å². The largest absolute Gasteiger partial charge is 0.468 e. The van der Waals surface area contributed by atoms with Crippen LogP contribution in [0.3, 0.4) is 0 Å². The smallest absolute Gasteiger partial charge is 0.328 e. The lowest BCUT2D eigenvalue weighted by atomic mass is 10.1. The molecule has 0 aliphatic heterocycles. The number of ether oxygens (including phenoxy) is 5. The van der Waals surface area contributed by atoms with Gasteiger partial charge in [0.2, 0.25) is 14.7 Å². The fourth-order valence-electron chi connectivity index (χ4n) is 7.19. The van der Waals surface area contributed by atoms with Crippen LogP contribution in [0.1, 0.15) is 36.6 Å². The molecule has 0 amide bonds. The summed E-state index contributed by atoms with van der Waals surface area (Å²) in [6.45, 7) is 3.28. The summed E-state index contributed by atoms with van der Waals surface area (Å²) in [4.78, 5) is 47.3. The zero-order valence-electron chi connectivity index (χ0n) is 40.4. The predicted molar refractivity (Wildman–Crippen MR) is 282 cm³/mol. The van der Waals surface area contributed by atoms with E-state index < -0.39 is 20.4 Å². The third-order valence-electron chi connectivity index (χ3n) is 10.5. The van der Waals surface area contributed by atoms with Gasteiger partial charge in [-0.15, -0.1) is 0 Å². The molecule has 21 nitrogen and oxygen atoms in total. The monoisotopic (exact) mass is 1030 g/mol. The van der Waals surface area contributed by atoms with Gasteiger partial charge in [0, 0.05) is 47.3 Å². The van der Waals surface area contributed by atoms with E-state index in [9.17, 15) is 18.8 Å². The Morgan fingerprint density at radius 2 is 1.15 bits per heavy atom. The molecule has 2 unspecified atom stereocenters. The van der Waals surface area contributed by atoms with Crippen molar-refractivity contribution in [3.8, 4) is 24.1 Å². The highest BCUT2D eigenvalue weighted by molar-refractivity contribution is 7.66. The highest BCUT2D eigenvalue weighted by atomic mass is 31.2. The normalized spacial score (nSPS) is 12.3. The molecule has 2 atom stereocenters. The van der Waals surface area contributed by atoms with Gasteiger partial charge in [-0.25, -0.2) is 4.79 Å². The maximum atomic E-state index is 13.5. The molecule has 6 N–H and O–H groups in total. The van der Waals surface area contributed by atoms with Crippen molar-refractivity contribution in [3.63, 3.8) is 0 Å². The molecular formula is C49H59BN11O10P2. The third kappa shape index (κ3) is 15.1. The highest BCUT2D eigenvalue weighted by Gasteiger charge is 2.26. The molecular weight excluding hydrogens is 975 g/mol. The molecule has 383 valence electrons. The van der Waals surface area contributed by atoms with Crippen LogP contribution < -0.4 is 42.0 Å². The molecule has 4 aromatic carbocycles. The maximum Gasteiger partial charge on any atom is 0.328 e. The number of hydrogen-bond acceptors (Lipinski definition) is 17. The molecule has 0 fully saturated rings. The molecule has 0 aliphatic rings. The molecule has 4 aromatic heterocycles. The lowest BCUT2D eigenvalue weighted by Gasteiger charge is -2.17. The summed E-state index contributed by atoms with van der Waals surface area (Å²) >= 11 is 0. The zero-order valence-corrected chi connectivity index (χ0v) is 42.2. The number of anilines is 2. The van der Waals surface area contributed by atoms with Crippen molar-refractivity contribution < 1.29 is 42.2 Å². The number of fused-ring (bicyclic) bond motifs is 2. The van der Waals surface area contributed by atoms with Crippen molar-refractivity contribution in [2.45, 2.75) is 39.8 Å². The molecule has 0 spiro atoms. The number of aromatic amines is 1. The van der Waals surface area contributed by atoms with Crippen LogP contribution >= 0.6 is 14.7 Å². The first kappa shape index (κ1) is 58.2. The van der Waals surface area contributed by atoms with Gasteiger partial charge in [0.25, 0.3) is 6.01 Å². The predicted octanol–water partition coefficient (Wildman–Crippen LogP) is 5.90. The molecule has 0 saturated heterocycles. The summed E-state index contributed by atoms with van der Waals surface area (Å²) in [5, 5.41) is 8.40. The van der Waals surface area contributed by atoms with Crippen LogP contribution in [-0.2, 0) is 48.5 Å². The second-order valence-electron chi connectivity index (χ2n) is 15.4. The first-order chi connectivity index (χ1) is 34.3. The number of nitrogens with two attached hydrogens (primary N) is 2. The van der Waals surface area contributed by atoms with Gasteiger partial charge in [-0.3, -0.25) is 18.3 Å². The molecule has 8 aromatic rings. The number of hydrogen-bond donors (Lipinski definition) is 4. The van der Waals surface area contributed by atoms with Crippen molar-refractivity contribution in [2.75, 3.05) is 66.3 Å². The van der Waals surface area contributed by atoms with Crippen molar-refractivity contribution >= 4 is 67.7 Å². The molecule has 8 rings (SSSR count). The van der Waals surface area contributed by atoms with Gasteiger partial charge in [0.15, 0.2) is 28.4 Å². The number of nitrogens with zero attached hydrogens (tertiary/aromatic N) is 8. The molecule has 3 radical (unpaired) electrons. The van der Waals surface area contributed by atoms with Gasteiger partial charge in [0.1, 0.15) is 18.7 Å². The first-order valence-corrected chi connectivity index (χ1v) is 25.5. The molecule has 4 heterocycles. The summed E-state index contributed by atoms with van der Waals surface area (Å²) < 4.78 is 61.6. The van der Waals surface area contributed by atoms with Crippen molar-refractivity contribution in [1.29, 1.82) is 5.26 Å². The van der Waals surface area contributed by atoms with Gasteiger partial charge in [-0.05, 0) is 46.5 Å². The van der Waals surface area contributed by atoms with E-state index in [1.807, 2.05) is 60.7 Å². The summed E-state index contributed by atoms with van der Waals surface area (Å²) in [6, 6.07) is 35.1. The van der Waals surface area contributed by atoms with E-state index in [1.165, 1.54) is 25.7 Å². The van der Waals surface area contributed by atoms with E-state index in [1.54, 1.807) is 73.4 Å². The lowest BCUT2D eigenvalue weighted by molar-refractivity contribution is 0.141. The fourth-order valence-corrected chi connectivity index (χ4v) is 10.5. The van der Waals surface area contributed by atoms with Crippen LogP contribution in [0.2, 0.25) is 0 Å². The number of nitrogens with one attached hydrogen (secondary N) is 1. The number of imidazole rings is 2. The molecule has 0 aliphatic carbocycles.